The maximum atomic E-state index is 9.97. The highest BCUT2D eigenvalue weighted by Gasteiger charge is 2.18. The molecule has 0 bridgehead atoms. The minimum absolute atomic E-state index is 0.648. The van der Waals surface area contributed by atoms with Crippen molar-refractivity contribution in [3.05, 3.63) is 157 Å². The molecule has 48 heavy (non-hydrogen) atoms. The van der Waals surface area contributed by atoms with Gasteiger partial charge in [0.25, 0.3) is 0 Å². The number of para-hydroxylation sites is 2. The third kappa shape index (κ3) is 4.37. The summed E-state index contributed by atoms with van der Waals surface area (Å²) >= 11 is 3.70. The number of nitrogens with zero attached hydrogens (tertiary/aromatic N) is 2. The average molecular weight is 649 g/mol. The Bertz CT molecular complexity index is 2830. The van der Waals surface area contributed by atoms with Crippen molar-refractivity contribution < 1.29 is 0 Å². The van der Waals surface area contributed by atoms with Crippen LogP contribution in [0.3, 0.4) is 0 Å². The van der Waals surface area contributed by atoms with Crippen molar-refractivity contribution in [3.63, 3.8) is 0 Å². The third-order valence-corrected chi connectivity index (χ3v) is 11.6. The maximum absolute atomic E-state index is 9.97. The van der Waals surface area contributed by atoms with Gasteiger partial charge in [-0.15, -0.1) is 22.7 Å². The van der Waals surface area contributed by atoms with Crippen molar-refractivity contribution >= 4 is 90.4 Å². The molecule has 9 aromatic rings. The quantitative estimate of drug-likeness (QED) is 0.171. The first-order chi connectivity index (χ1) is 23.6. The Morgan fingerprint density at radius 3 is 1.98 bits per heavy atom. The number of aromatic nitrogens is 1. The topological polar surface area (TPSA) is 28.7 Å². The van der Waals surface area contributed by atoms with E-state index in [0.717, 1.165) is 33.4 Å². The fourth-order valence-corrected chi connectivity index (χ4v) is 9.45. The number of nitriles is 1. The minimum Gasteiger partial charge on any atom is -0.309 e. The van der Waals surface area contributed by atoms with Gasteiger partial charge in [-0.2, -0.15) is 5.26 Å². The minimum atomic E-state index is 0.648. The first-order valence-electron chi connectivity index (χ1n) is 16.0. The highest BCUT2D eigenvalue weighted by Crippen LogP contribution is 2.44. The van der Waals surface area contributed by atoms with Gasteiger partial charge in [0.05, 0.1) is 28.4 Å². The van der Waals surface area contributed by atoms with E-state index in [1.165, 1.54) is 56.7 Å². The second kappa shape index (κ2) is 11.2. The number of benzene rings is 6. The lowest BCUT2D eigenvalue weighted by atomic mass is 9.98. The molecule has 3 heterocycles. The van der Waals surface area contributed by atoms with E-state index in [4.69, 9.17) is 0 Å². The van der Waals surface area contributed by atoms with Gasteiger partial charge in [0.1, 0.15) is 0 Å². The van der Waals surface area contributed by atoms with Crippen LogP contribution < -0.4 is 0 Å². The van der Waals surface area contributed by atoms with E-state index in [0.29, 0.717) is 5.56 Å². The Labute approximate surface area is 286 Å². The van der Waals surface area contributed by atoms with Crippen LogP contribution in [0, 0.1) is 11.3 Å². The van der Waals surface area contributed by atoms with E-state index < -0.39 is 0 Å². The van der Waals surface area contributed by atoms with Crippen LogP contribution in [0.1, 0.15) is 18.1 Å². The lowest BCUT2D eigenvalue weighted by molar-refractivity contribution is 1.18. The molecule has 0 radical (unpaired) electrons. The van der Waals surface area contributed by atoms with Gasteiger partial charge in [0, 0.05) is 56.7 Å². The number of fused-ring (bicyclic) bond motifs is 9. The second-order valence-corrected chi connectivity index (χ2v) is 14.2. The SMILES string of the molecule is C=C/C=C(\C=C/C)c1ccc2sc3cc4sc5ccc(-c6cc(C#N)ccc6-n6c7ccccc7c7ccccc76)cc5c4cc3c2c1. The highest BCUT2D eigenvalue weighted by atomic mass is 32.1. The predicted molar refractivity (Wildman–Crippen MR) is 210 cm³/mol. The maximum Gasteiger partial charge on any atom is 0.0991 e. The summed E-state index contributed by atoms with van der Waals surface area (Å²) in [6, 6.07) is 43.9. The fourth-order valence-electron chi connectivity index (χ4n) is 7.16. The van der Waals surface area contributed by atoms with Gasteiger partial charge < -0.3 is 4.57 Å². The van der Waals surface area contributed by atoms with Gasteiger partial charge in [0.15, 0.2) is 0 Å². The summed E-state index contributed by atoms with van der Waals surface area (Å²) < 4.78 is 7.49. The van der Waals surface area contributed by atoms with Crippen LogP contribution in [-0.2, 0) is 0 Å². The monoisotopic (exact) mass is 648 g/mol. The number of thiophene rings is 2. The Kier molecular flexibility index (Phi) is 6.65. The zero-order valence-electron chi connectivity index (χ0n) is 26.2. The number of allylic oxidation sites excluding steroid dienone is 5. The van der Waals surface area contributed by atoms with E-state index in [-0.39, 0.29) is 0 Å². The van der Waals surface area contributed by atoms with Crippen molar-refractivity contribution in [2.24, 2.45) is 0 Å². The van der Waals surface area contributed by atoms with Crippen LogP contribution in [-0.4, -0.2) is 4.57 Å². The van der Waals surface area contributed by atoms with Crippen LogP contribution in [0.25, 0.3) is 84.5 Å². The molecule has 0 amide bonds. The molecule has 0 saturated heterocycles. The molecule has 6 aromatic carbocycles. The summed E-state index contributed by atoms with van der Waals surface area (Å²) in [5.74, 6) is 0. The van der Waals surface area contributed by atoms with Crippen molar-refractivity contribution in [2.75, 3.05) is 0 Å². The van der Waals surface area contributed by atoms with Crippen molar-refractivity contribution in [3.8, 4) is 22.9 Å². The molecule has 2 nitrogen and oxygen atoms in total. The largest absolute Gasteiger partial charge is 0.309 e. The van der Waals surface area contributed by atoms with Crippen LogP contribution in [0.15, 0.2) is 146 Å². The molecule has 0 spiro atoms. The van der Waals surface area contributed by atoms with Gasteiger partial charge in [-0.25, -0.2) is 0 Å². The molecule has 4 heteroatoms. The number of hydrogen-bond acceptors (Lipinski definition) is 3. The Balaban J connectivity index is 1.28. The molecule has 0 unspecified atom stereocenters. The van der Waals surface area contributed by atoms with Crippen molar-refractivity contribution in [1.82, 2.24) is 4.57 Å². The van der Waals surface area contributed by atoms with Crippen LogP contribution >= 0.6 is 22.7 Å². The Morgan fingerprint density at radius 1 is 0.667 bits per heavy atom. The van der Waals surface area contributed by atoms with E-state index in [9.17, 15) is 5.26 Å². The summed E-state index contributed by atoms with van der Waals surface area (Å²) in [5, 5.41) is 17.5. The Morgan fingerprint density at radius 2 is 1.31 bits per heavy atom. The van der Waals surface area contributed by atoms with E-state index in [1.54, 1.807) is 0 Å². The zero-order chi connectivity index (χ0) is 32.4. The van der Waals surface area contributed by atoms with Crippen LogP contribution in [0.4, 0.5) is 0 Å². The van der Waals surface area contributed by atoms with Gasteiger partial charge in [-0.3, -0.25) is 0 Å². The van der Waals surface area contributed by atoms with Gasteiger partial charge in [-0.1, -0.05) is 79.4 Å². The molecule has 0 aliphatic heterocycles. The standard InChI is InChI=1S/C44H28N2S2/c1-3-9-28(10-4-2)29-16-19-41-34(22-29)36-24-37-35-23-30(17-20-42(35)48-44(37)25-43(36)47-41)33-21-27(26-45)15-18-40(33)46-38-13-7-5-11-31(38)32-12-6-8-14-39(32)46/h3-25H,1H2,2H3/b10-4-,28-9+. The number of rotatable bonds is 5. The smallest absolute Gasteiger partial charge is 0.0991 e. The predicted octanol–water partition coefficient (Wildman–Crippen LogP) is 13.2. The van der Waals surface area contributed by atoms with Gasteiger partial charge in [0.2, 0.25) is 0 Å². The summed E-state index contributed by atoms with van der Waals surface area (Å²) in [6.45, 7) is 5.97. The van der Waals surface area contributed by atoms with E-state index >= 15 is 0 Å². The summed E-state index contributed by atoms with van der Waals surface area (Å²) in [5.41, 5.74) is 8.49. The Hall–Kier alpha value is -5.73. The normalized spacial score (nSPS) is 12.4. The summed E-state index contributed by atoms with van der Waals surface area (Å²) in [6.07, 6.45) is 8.13. The molecule has 0 aliphatic carbocycles. The van der Waals surface area contributed by atoms with Gasteiger partial charge in [-0.05, 0) is 90.4 Å². The first-order valence-corrected chi connectivity index (χ1v) is 17.6. The van der Waals surface area contributed by atoms with Crippen molar-refractivity contribution in [2.45, 2.75) is 6.92 Å². The average Bonchev–Trinajstić information content (AvgIpc) is 3.78. The molecular formula is C44H28N2S2. The molecular weight excluding hydrogens is 621 g/mol. The third-order valence-electron chi connectivity index (χ3n) is 9.30. The fraction of sp³-hybridized carbons (Fsp3) is 0.0227. The molecule has 3 aromatic heterocycles. The molecule has 0 aliphatic rings. The molecule has 226 valence electrons. The van der Waals surface area contributed by atoms with Crippen molar-refractivity contribution in [1.29, 1.82) is 5.26 Å². The van der Waals surface area contributed by atoms with E-state index in [1.807, 2.05) is 47.8 Å². The first kappa shape index (κ1) is 28.5. The molecule has 9 rings (SSSR count). The van der Waals surface area contributed by atoms with Crippen LogP contribution in [0.2, 0.25) is 0 Å². The lowest BCUT2D eigenvalue weighted by Crippen LogP contribution is -1.98. The molecule has 0 saturated carbocycles. The number of hydrogen-bond donors (Lipinski definition) is 0. The second-order valence-electron chi connectivity index (χ2n) is 12.0. The summed E-state index contributed by atoms with van der Waals surface area (Å²) in [7, 11) is 0. The van der Waals surface area contributed by atoms with E-state index in [2.05, 4.69) is 139 Å². The lowest BCUT2D eigenvalue weighted by Gasteiger charge is -2.15. The van der Waals surface area contributed by atoms with Gasteiger partial charge >= 0.3 is 0 Å². The summed E-state index contributed by atoms with van der Waals surface area (Å²) in [4.78, 5) is 0. The molecule has 0 fully saturated rings. The molecule has 0 atom stereocenters. The van der Waals surface area contributed by atoms with Crippen LogP contribution in [0.5, 0.6) is 0 Å². The zero-order valence-corrected chi connectivity index (χ0v) is 27.8. The molecule has 0 N–H and O–H groups in total. The highest BCUT2D eigenvalue weighted by molar-refractivity contribution is 7.28.